The van der Waals surface area contributed by atoms with Gasteiger partial charge in [0.15, 0.2) is 0 Å². The molecule has 0 radical (unpaired) electrons. The van der Waals surface area contributed by atoms with Crippen LogP contribution in [0.3, 0.4) is 0 Å². The molecule has 18 heavy (non-hydrogen) atoms. The lowest BCUT2D eigenvalue weighted by Crippen LogP contribution is -2.45. The number of carbonyl (C=O) groups is 1. The van der Waals surface area contributed by atoms with Crippen LogP contribution in [-0.4, -0.2) is 11.9 Å². The van der Waals surface area contributed by atoms with Crippen molar-refractivity contribution in [1.82, 2.24) is 5.32 Å². The Morgan fingerprint density at radius 3 is 2.50 bits per heavy atom. The van der Waals surface area contributed by atoms with Gasteiger partial charge in [-0.3, -0.25) is 4.79 Å². The average molecular weight is 248 g/mol. The van der Waals surface area contributed by atoms with Crippen LogP contribution in [0.2, 0.25) is 0 Å². The molecule has 0 fully saturated rings. The highest BCUT2D eigenvalue weighted by molar-refractivity contribution is 5.82. The summed E-state index contributed by atoms with van der Waals surface area (Å²) in [6.45, 7) is 8.08. The van der Waals surface area contributed by atoms with Gasteiger partial charge in [-0.15, -0.1) is 0 Å². The molecule has 1 unspecified atom stereocenters. The predicted octanol–water partition coefficient (Wildman–Crippen LogP) is 2.55. The quantitative estimate of drug-likeness (QED) is 0.841. The van der Waals surface area contributed by atoms with Crippen molar-refractivity contribution in [3.8, 4) is 0 Å². The summed E-state index contributed by atoms with van der Waals surface area (Å²) in [6.07, 6.45) is 0.910. The van der Waals surface area contributed by atoms with Crippen molar-refractivity contribution in [2.75, 3.05) is 0 Å². The van der Waals surface area contributed by atoms with E-state index in [0.717, 1.165) is 12.0 Å². The maximum Gasteiger partial charge on any atom is 0.237 e. The molecule has 0 aliphatic rings. The van der Waals surface area contributed by atoms with E-state index in [-0.39, 0.29) is 17.9 Å². The molecule has 3 atom stereocenters. The van der Waals surface area contributed by atoms with E-state index in [0.29, 0.717) is 0 Å². The van der Waals surface area contributed by atoms with Crippen molar-refractivity contribution < 1.29 is 4.79 Å². The highest BCUT2D eigenvalue weighted by atomic mass is 16.2. The molecule has 0 bridgehead atoms. The largest absolute Gasteiger partial charge is 0.348 e. The number of rotatable bonds is 5. The molecule has 3 N–H and O–H groups in total. The Morgan fingerprint density at radius 1 is 1.33 bits per heavy atom. The topological polar surface area (TPSA) is 55.1 Å². The van der Waals surface area contributed by atoms with Gasteiger partial charge in [-0.2, -0.15) is 0 Å². The first-order valence-corrected chi connectivity index (χ1v) is 6.58. The third-order valence-corrected chi connectivity index (χ3v) is 3.57. The van der Waals surface area contributed by atoms with Gasteiger partial charge in [-0.25, -0.2) is 0 Å². The highest BCUT2D eigenvalue weighted by Gasteiger charge is 2.21. The van der Waals surface area contributed by atoms with Crippen LogP contribution >= 0.6 is 0 Å². The average Bonchev–Trinajstić information content (AvgIpc) is 2.37. The molecule has 0 spiro atoms. The Hall–Kier alpha value is -1.35. The molecule has 0 aliphatic heterocycles. The molecule has 0 aromatic heterocycles. The number of nitrogens with one attached hydrogen (secondary N) is 1. The summed E-state index contributed by atoms with van der Waals surface area (Å²) in [4.78, 5) is 12.0. The Labute approximate surface area is 110 Å². The molecular weight excluding hydrogens is 224 g/mol. The second-order valence-electron chi connectivity index (χ2n) is 5.00. The molecule has 0 saturated carbocycles. The second kappa shape index (κ2) is 6.55. The van der Waals surface area contributed by atoms with Gasteiger partial charge in [0.05, 0.1) is 12.1 Å². The zero-order valence-electron chi connectivity index (χ0n) is 11.7. The number of carbonyl (C=O) groups excluding carboxylic acids is 1. The van der Waals surface area contributed by atoms with Crippen LogP contribution in [-0.2, 0) is 4.79 Å². The molecular formula is C15H24N2O. The van der Waals surface area contributed by atoms with E-state index in [4.69, 9.17) is 5.73 Å². The van der Waals surface area contributed by atoms with Crippen molar-refractivity contribution in [1.29, 1.82) is 0 Å². The Balaban J connectivity index is 2.68. The van der Waals surface area contributed by atoms with Gasteiger partial charge >= 0.3 is 0 Å². The number of nitrogens with two attached hydrogens (primary N) is 1. The standard InChI is InChI=1S/C15H24N2O/c1-5-10(2)14(16)15(18)17-12(4)13-9-7-6-8-11(13)3/h6-10,12,14H,5,16H2,1-4H3,(H,17,18)/t10?,12-,14+/m1/s1. The van der Waals surface area contributed by atoms with E-state index in [1.807, 2.05) is 52.0 Å². The molecule has 3 heteroatoms. The molecule has 0 heterocycles. The SMILES string of the molecule is CCC(C)[C@H](N)C(=O)N[C@H](C)c1ccccc1C. The van der Waals surface area contributed by atoms with Gasteiger partial charge in [0.2, 0.25) is 5.91 Å². The smallest absolute Gasteiger partial charge is 0.237 e. The van der Waals surface area contributed by atoms with E-state index in [2.05, 4.69) is 5.32 Å². The zero-order valence-corrected chi connectivity index (χ0v) is 11.7. The highest BCUT2D eigenvalue weighted by Crippen LogP contribution is 2.17. The summed E-state index contributed by atoms with van der Waals surface area (Å²) in [5.41, 5.74) is 8.25. The van der Waals surface area contributed by atoms with Crippen molar-refractivity contribution >= 4 is 5.91 Å². The molecule has 3 nitrogen and oxygen atoms in total. The Kier molecular flexibility index (Phi) is 5.35. The van der Waals surface area contributed by atoms with Crippen LogP contribution in [0, 0.1) is 12.8 Å². The van der Waals surface area contributed by atoms with Crippen LogP contribution in [0.5, 0.6) is 0 Å². The minimum atomic E-state index is -0.429. The van der Waals surface area contributed by atoms with E-state index >= 15 is 0 Å². The third kappa shape index (κ3) is 3.57. The number of benzene rings is 1. The van der Waals surface area contributed by atoms with E-state index in [9.17, 15) is 4.79 Å². The lowest BCUT2D eigenvalue weighted by atomic mass is 9.98. The summed E-state index contributed by atoms with van der Waals surface area (Å²) < 4.78 is 0. The molecule has 100 valence electrons. The van der Waals surface area contributed by atoms with Crippen LogP contribution < -0.4 is 11.1 Å². The van der Waals surface area contributed by atoms with Crippen LogP contribution in [0.4, 0.5) is 0 Å². The summed E-state index contributed by atoms with van der Waals surface area (Å²) in [7, 11) is 0. The fraction of sp³-hybridized carbons (Fsp3) is 0.533. The van der Waals surface area contributed by atoms with Gasteiger partial charge in [0.25, 0.3) is 0 Å². The molecule has 1 amide bonds. The van der Waals surface area contributed by atoms with Crippen LogP contribution in [0.25, 0.3) is 0 Å². The number of amides is 1. The fourth-order valence-corrected chi connectivity index (χ4v) is 1.97. The molecule has 1 aromatic rings. The van der Waals surface area contributed by atoms with Gasteiger partial charge in [0, 0.05) is 0 Å². The van der Waals surface area contributed by atoms with Gasteiger partial charge in [-0.1, -0.05) is 44.5 Å². The third-order valence-electron chi connectivity index (χ3n) is 3.57. The molecule has 0 saturated heterocycles. The first-order chi connectivity index (χ1) is 8.47. The summed E-state index contributed by atoms with van der Waals surface area (Å²) in [5, 5.41) is 2.99. The summed E-state index contributed by atoms with van der Waals surface area (Å²) in [5.74, 6) is 0.133. The van der Waals surface area contributed by atoms with Gasteiger partial charge in [-0.05, 0) is 30.9 Å². The van der Waals surface area contributed by atoms with E-state index in [1.54, 1.807) is 0 Å². The molecule has 1 rings (SSSR count). The number of hydrogen-bond donors (Lipinski definition) is 2. The Morgan fingerprint density at radius 2 is 1.94 bits per heavy atom. The fourth-order valence-electron chi connectivity index (χ4n) is 1.97. The van der Waals surface area contributed by atoms with E-state index in [1.165, 1.54) is 5.56 Å². The molecule has 1 aromatic carbocycles. The van der Waals surface area contributed by atoms with E-state index < -0.39 is 6.04 Å². The second-order valence-corrected chi connectivity index (χ2v) is 5.00. The number of hydrogen-bond acceptors (Lipinski definition) is 2. The summed E-state index contributed by atoms with van der Waals surface area (Å²) in [6, 6.07) is 7.63. The monoisotopic (exact) mass is 248 g/mol. The normalized spacial score (nSPS) is 15.8. The van der Waals surface area contributed by atoms with Gasteiger partial charge in [0.1, 0.15) is 0 Å². The minimum absolute atomic E-state index is 0.00574. The maximum atomic E-state index is 12.0. The van der Waals surface area contributed by atoms with Crippen molar-refractivity contribution in [3.05, 3.63) is 35.4 Å². The molecule has 0 aliphatic carbocycles. The van der Waals surface area contributed by atoms with Gasteiger partial charge < -0.3 is 11.1 Å². The van der Waals surface area contributed by atoms with Crippen LogP contribution in [0.15, 0.2) is 24.3 Å². The van der Waals surface area contributed by atoms with Crippen molar-refractivity contribution in [2.45, 2.75) is 46.2 Å². The van der Waals surface area contributed by atoms with Crippen molar-refractivity contribution in [2.24, 2.45) is 11.7 Å². The number of aryl methyl sites for hydroxylation is 1. The lowest BCUT2D eigenvalue weighted by Gasteiger charge is -2.22. The van der Waals surface area contributed by atoms with Crippen LogP contribution in [0.1, 0.15) is 44.4 Å². The first-order valence-electron chi connectivity index (χ1n) is 6.58. The predicted molar refractivity (Wildman–Crippen MR) is 75.2 cm³/mol. The summed E-state index contributed by atoms with van der Waals surface area (Å²) >= 11 is 0. The zero-order chi connectivity index (χ0) is 13.7. The van der Waals surface area contributed by atoms with Crippen molar-refractivity contribution in [3.63, 3.8) is 0 Å². The Bertz CT molecular complexity index is 403. The lowest BCUT2D eigenvalue weighted by molar-refractivity contribution is -0.124. The first kappa shape index (κ1) is 14.7. The minimum Gasteiger partial charge on any atom is -0.348 e. The maximum absolute atomic E-state index is 12.0.